The van der Waals surface area contributed by atoms with Gasteiger partial charge in [-0.15, -0.1) is 0 Å². The highest BCUT2D eigenvalue weighted by Gasteiger charge is 2.12. The van der Waals surface area contributed by atoms with Crippen molar-refractivity contribution in [3.63, 3.8) is 0 Å². The summed E-state index contributed by atoms with van der Waals surface area (Å²) in [6.45, 7) is 3.24. The van der Waals surface area contributed by atoms with Crippen LogP contribution in [0, 0.1) is 6.92 Å². The lowest BCUT2D eigenvalue weighted by molar-refractivity contribution is 0.825. The number of hydrogen-bond acceptors (Lipinski definition) is 1. The van der Waals surface area contributed by atoms with E-state index in [0.717, 1.165) is 13.0 Å². The molecule has 0 bridgehead atoms. The first-order valence-corrected chi connectivity index (χ1v) is 6.73. The molecule has 0 amide bonds. The summed E-state index contributed by atoms with van der Waals surface area (Å²) in [5, 5.41) is 3.56. The molecule has 1 heteroatoms. The molecule has 1 nitrogen and oxygen atoms in total. The molecule has 0 saturated carbocycles. The monoisotopic (exact) mass is 237 g/mol. The molecule has 1 aliphatic rings. The average Bonchev–Trinajstić information content (AvgIpc) is 2.42. The van der Waals surface area contributed by atoms with E-state index in [1.807, 2.05) is 0 Å². The van der Waals surface area contributed by atoms with Gasteiger partial charge in [0.1, 0.15) is 0 Å². The first-order chi connectivity index (χ1) is 8.83. The Morgan fingerprint density at radius 2 is 1.89 bits per heavy atom. The van der Waals surface area contributed by atoms with Gasteiger partial charge in [-0.3, -0.25) is 0 Å². The zero-order valence-corrected chi connectivity index (χ0v) is 10.9. The van der Waals surface area contributed by atoms with Crippen molar-refractivity contribution >= 4 is 5.69 Å². The fourth-order valence-electron chi connectivity index (χ4n) is 2.65. The molecular formula is C17H19N. The van der Waals surface area contributed by atoms with Crippen molar-refractivity contribution in [2.75, 3.05) is 11.9 Å². The molecule has 0 aromatic heterocycles. The maximum absolute atomic E-state index is 3.56. The topological polar surface area (TPSA) is 12.0 Å². The van der Waals surface area contributed by atoms with Crippen molar-refractivity contribution in [3.8, 4) is 0 Å². The number of para-hydroxylation sites is 1. The van der Waals surface area contributed by atoms with E-state index in [9.17, 15) is 0 Å². The molecule has 1 heterocycles. The molecule has 3 rings (SSSR count). The van der Waals surface area contributed by atoms with Crippen LogP contribution in [0.4, 0.5) is 5.69 Å². The Morgan fingerprint density at radius 1 is 1.06 bits per heavy atom. The Labute approximate surface area is 109 Å². The Hall–Kier alpha value is -1.76. The number of rotatable bonds is 2. The van der Waals surface area contributed by atoms with E-state index >= 15 is 0 Å². The minimum atomic E-state index is 1.02. The third-order valence-corrected chi connectivity index (χ3v) is 3.68. The second kappa shape index (κ2) is 4.85. The first kappa shape index (κ1) is 11.3. The summed E-state index contributed by atoms with van der Waals surface area (Å²) in [5.74, 6) is 0. The lowest BCUT2D eigenvalue weighted by Crippen LogP contribution is -2.13. The lowest BCUT2D eigenvalue weighted by atomic mass is 9.95. The Morgan fingerprint density at radius 3 is 2.72 bits per heavy atom. The van der Waals surface area contributed by atoms with Gasteiger partial charge in [0.05, 0.1) is 0 Å². The van der Waals surface area contributed by atoms with E-state index in [0.29, 0.717) is 0 Å². The maximum Gasteiger partial charge on any atom is 0.0408 e. The molecule has 2 aromatic carbocycles. The van der Waals surface area contributed by atoms with Crippen LogP contribution in [0.5, 0.6) is 0 Å². The van der Waals surface area contributed by atoms with Crippen LogP contribution in [0.15, 0.2) is 42.5 Å². The van der Waals surface area contributed by atoms with Crippen molar-refractivity contribution in [2.45, 2.75) is 26.2 Å². The third kappa shape index (κ3) is 2.26. The summed E-state index contributed by atoms with van der Waals surface area (Å²) in [5.41, 5.74) is 7.00. The van der Waals surface area contributed by atoms with Gasteiger partial charge in [0.25, 0.3) is 0 Å². The van der Waals surface area contributed by atoms with Crippen LogP contribution in [-0.4, -0.2) is 6.54 Å². The minimum Gasteiger partial charge on any atom is -0.385 e. The zero-order chi connectivity index (χ0) is 12.4. The quantitative estimate of drug-likeness (QED) is 0.834. The largest absolute Gasteiger partial charge is 0.385 e. The number of fused-ring (bicyclic) bond motifs is 1. The predicted molar refractivity (Wildman–Crippen MR) is 77.2 cm³/mol. The molecule has 0 saturated heterocycles. The molecule has 0 unspecified atom stereocenters. The summed E-state index contributed by atoms with van der Waals surface area (Å²) < 4.78 is 0. The number of anilines is 1. The molecule has 1 N–H and O–H groups in total. The van der Waals surface area contributed by atoms with Gasteiger partial charge in [0.15, 0.2) is 0 Å². The van der Waals surface area contributed by atoms with Crippen LogP contribution >= 0.6 is 0 Å². The van der Waals surface area contributed by atoms with Crippen LogP contribution < -0.4 is 5.32 Å². The number of nitrogens with one attached hydrogen (secondary N) is 1. The van der Waals surface area contributed by atoms with E-state index in [1.165, 1.54) is 40.8 Å². The molecule has 0 aliphatic carbocycles. The minimum absolute atomic E-state index is 1.02. The average molecular weight is 237 g/mol. The van der Waals surface area contributed by atoms with E-state index in [-0.39, 0.29) is 0 Å². The van der Waals surface area contributed by atoms with Crippen molar-refractivity contribution < 1.29 is 0 Å². The van der Waals surface area contributed by atoms with Crippen molar-refractivity contribution in [2.24, 2.45) is 0 Å². The third-order valence-electron chi connectivity index (χ3n) is 3.68. The van der Waals surface area contributed by atoms with E-state index < -0.39 is 0 Å². The molecule has 2 aromatic rings. The highest BCUT2D eigenvalue weighted by atomic mass is 14.9. The van der Waals surface area contributed by atoms with Crippen LogP contribution in [-0.2, 0) is 12.8 Å². The molecule has 18 heavy (non-hydrogen) atoms. The maximum atomic E-state index is 3.56. The summed E-state index contributed by atoms with van der Waals surface area (Å²) in [7, 11) is 0. The summed E-state index contributed by atoms with van der Waals surface area (Å²) in [6.07, 6.45) is 3.49. The van der Waals surface area contributed by atoms with Gasteiger partial charge in [-0.25, -0.2) is 0 Å². The van der Waals surface area contributed by atoms with Crippen molar-refractivity contribution in [1.29, 1.82) is 0 Å². The molecule has 0 spiro atoms. The lowest BCUT2D eigenvalue weighted by Gasteiger charge is -2.21. The highest BCUT2D eigenvalue weighted by molar-refractivity contribution is 5.60. The Balaban J connectivity index is 1.90. The normalized spacial score (nSPS) is 13.8. The molecule has 92 valence electrons. The Kier molecular flexibility index (Phi) is 3.06. The predicted octanol–water partition coefficient (Wildman–Crippen LogP) is 3.94. The van der Waals surface area contributed by atoms with Crippen molar-refractivity contribution in [1.82, 2.24) is 0 Å². The van der Waals surface area contributed by atoms with Gasteiger partial charge in [0.2, 0.25) is 0 Å². The van der Waals surface area contributed by atoms with Gasteiger partial charge < -0.3 is 5.32 Å². The molecule has 1 aliphatic heterocycles. The fraction of sp³-hybridized carbons (Fsp3) is 0.294. The first-order valence-electron chi connectivity index (χ1n) is 6.73. The number of benzene rings is 2. The Bertz CT molecular complexity index is 540. The summed E-state index contributed by atoms with van der Waals surface area (Å²) >= 11 is 0. The van der Waals surface area contributed by atoms with Crippen LogP contribution in [0.1, 0.15) is 28.7 Å². The van der Waals surface area contributed by atoms with Gasteiger partial charge in [-0.2, -0.15) is 0 Å². The standard InChI is InChI=1S/C17H19N/c1-13-7-9-14(10-8-13)12-16-5-2-4-15-6-3-11-18-17(15)16/h2,4-5,7-10,18H,3,6,11-12H2,1H3. The summed E-state index contributed by atoms with van der Waals surface area (Å²) in [4.78, 5) is 0. The van der Waals surface area contributed by atoms with Gasteiger partial charge >= 0.3 is 0 Å². The number of aryl methyl sites for hydroxylation is 2. The molecular weight excluding hydrogens is 218 g/mol. The van der Waals surface area contributed by atoms with Gasteiger partial charge in [0, 0.05) is 12.2 Å². The highest BCUT2D eigenvalue weighted by Crippen LogP contribution is 2.27. The van der Waals surface area contributed by atoms with Gasteiger partial charge in [-0.05, 0) is 42.9 Å². The van der Waals surface area contributed by atoms with Crippen LogP contribution in [0.2, 0.25) is 0 Å². The molecule has 0 radical (unpaired) electrons. The van der Waals surface area contributed by atoms with E-state index in [1.54, 1.807) is 0 Å². The number of hydrogen-bond donors (Lipinski definition) is 1. The van der Waals surface area contributed by atoms with Crippen LogP contribution in [0.3, 0.4) is 0 Å². The molecule has 0 fully saturated rings. The smallest absolute Gasteiger partial charge is 0.0408 e. The van der Waals surface area contributed by atoms with E-state index in [2.05, 4.69) is 54.7 Å². The van der Waals surface area contributed by atoms with Crippen LogP contribution in [0.25, 0.3) is 0 Å². The van der Waals surface area contributed by atoms with E-state index in [4.69, 9.17) is 0 Å². The SMILES string of the molecule is Cc1ccc(Cc2cccc3c2NCCC3)cc1. The second-order valence-electron chi connectivity index (χ2n) is 5.14. The summed E-state index contributed by atoms with van der Waals surface area (Å²) in [6, 6.07) is 15.5. The second-order valence-corrected chi connectivity index (χ2v) is 5.14. The zero-order valence-electron chi connectivity index (χ0n) is 10.9. The molecule has 0 atom stereocenters. The van der Waals surface area contributed by atoms with Crippen molar-refractivity contribution in [3.05, 3.63) is 64.7 Å². The fourth-order valence-corrected chi connectivity index (χ4v) is 2.65. The van der Waals surface area contributed by atoms with Gasteiger partial charge in [-0.1, -0.05) is 48.0 Å².